The zero-order valence-corrected chi connectivity index (χ0v) is 13.8. The van der Waals surface area contributed by atoms with E-state index in [1.54, 1.807) is 17.7 Å². The van der Waals surface area contributed by atoms with Gasteiger partial charge in [-0.3, -0.25) is 0 Å². The first-order valence-electron chi connectivity index (χ1n) is 7.86. The van der Waals surface area contributed by atoms with E-state index in [2.05, 4.69) is 19.9 Å². The van der Waals surface area contributed by atoms with Gasteiger partial charge in [-0.1, -0.05) is 0 Å². The first-order valence-corrected chi connectivity index (χ1v) is 8.74. The van der Waals surface area contributed by atoms with E-state index in [9.17, 15) is 5.11 Å². The number of aromatic nitrogens is 4. The Morgan fingerprint density at radius 3 is 3.22 bits per heavy atom. The first kappa shape index (κ1) is 14.6. The van der Waals surface area contributed by atoms with Gasteiger partial charge in [0.15, 0.2) is 0 Å². The number of anilines is 1. The normalized spacial score (nSPS) is 17.4. The number of aryl methyl sites for hydroxylation is 1. The molecule has 0 aromatic carbocycles. The molecule has 3 aromatic rings. The van der Waals surface area contributed by atoms with Crippen LogP contribution in [0.25, 0.3) is 10.2 Å². The van der Waals surface area contributed by atoms with Gasteiger partial charge in [0.1, 0.15) is 18.0 Å². The van der Waals surface area contributed by atoms with Crippen molar-refractivity contribution >= 4 is 27.4 Å². The zero-order valence-electron chi connectivity index (χ0n) is 13.0. The molecular formula is C16H19N5OS. The molecule has 0 radical (unpaired) electrons. The van der Waals surface area contributed by atoms with Crippen molar-refractivity contribution in [2.75, 3.05) is 11.9 Å². The van der Waals surface area contributed by atoms with Gasteiger partial charge in [-0.25, -0.2) is 15.0 Å². The number of hydrogen-bond acceptors (Lipinski definition) is 6. The molecule has 0 saturated carbocycles. The Morgan fingerprint density at radius 2 is 2.35 bits per heavy atom. The maximum Gasteiger partial charge on any atom is 0.147 e. The maximum atomic E-state index is 9.22. The molecule has 0 aliphatic heterocycles. The van der Waals surface area contributed by atoms with Gasteiger partial charge in [-0.15, -0.1) is 11.3 Å². The third-order valence-electron chi connectivity index (χ3n) is 4.42. The fourth-order valence-corrected chi connectivity index (χ4v) is 4.16. The number of aliphatic hydroxyl groups excluding tert-OH is 1. The lowest BCUT2D eigenvalue weighted by Gasteiger charge is -2.24. The van der Waals surface area contributed by atoms with Gasteiger partial charge >= 0.3 is 0 Å². The molecule has 1 aliphatic rings. The van der Waals surface area contributed by atoms with Crippen LogP contribution in [0.4, 0.5) is 5.82 Å². The summed E-state index contributed by atoms with van der Waals surface area (Å²) in [6, 6.07) is 2.35. The summed E-state index contributed by atoms with van der Waals surface area (Å²) in [6.07, 6.45) is 4.53. The third kappa shape index (κ3) is 2.60. The van der Waals surface area contributed by atoms with E-state index in [4.69, 9.17) is 4.98 Å². The predicted molar refractivity (Wildman–Crippen MR) is 90.9 cm³/mol. The monoisotopic (exact) mass is 329 g/mol. The molecule has 1 atom stereocenters. The lowest BCUT2D eigenvalue weighted by Crippen LogP contribution is -2.28. The summed E-state index contributed by atoms with van der Waals surface area (Å²) in [4.78, 5) is 13.4. The molecule has 23 heavy (non-hydrogen) atoms. The number of rotatable bonds is 4. The molecule has 120 valence electrons. The average molecular weight is 329 g/mol. The van der Waals surface area contributed by atoms with Crippen molar-refractivity contribution in [1.29, 1.82) is 0 Å². The van der Waals surface area contributed by atoms with Gasteiger partial charge < -0.3 is 15.0 Å². The van der Waals surface area contributed by atoms with Gasteiger partial charge in [0.05, 0.1) is 22.5 Å². The van der Waals surface area contributed by atoms with E-state index in [1.165, 1.54) is 5.69 Å². The second-order valence-corrected chi connectivity index (χ2v) is 6.79. The van der Waals surface area contributed by atoms with Crippen LogP contribution in [0.5, 0.6) is 0 Å². The minimum absolute atomic E-state index is 0.155. The molecule has 0 spiro atoms. The molecule has 1 aliphatic carbocycles. The molecule has 6 nitrogen and oxygen atoms in total. The van der Waals surface area contributed by atoms with Gasteiger partial charge in [-0.2, -0.15) is 0 Å². The zero-order chi connectivity index (χ0) is 15.8. The number of aliphatic hydroxyl groups is 1. The van der Waals surface area contributed by atoms with Gasteiger partial charge in [0, 0.05) is 24.7 Å². The van der Waals surface area contributed by atoms with Crippen molar-refractivity contribution in [3.8, 4) is 0 Å². The summed E-state index contributed by atoms with van der Waals surface area (Å²) in [7, 11) is 0. The summed E-state index contributed by atoms with van der Waals surface area (Å²) in [5.74, 6) is 1.91. The van der Waals surface area contributed by atoms with Crippen molar-refractivity contribution in [2.24, 2.45) is 0 Å². The predicted octanol–water partition coefficient (Wildman–Crippen LogP) is 2.16. The van der Waals surface area contributed by atoms with Gasteiger partial charge in [0.25, 0.3) is 0 Å². The van der Waals surface area contributed by atoms with Crippen LogP contribution < -0.4 is 5.32 Å². The van der Waals surface area contributed by atoms with E-state index in [0.717, 1.165) is 46.8 Å². The molecule has 0 bridgehead atoms. The van der Waals surface area contributed by atoms with Crippen molar-refractivity contribution in [3.05, 3.63) is 35.0 Å². The molecule has 0 saturated heterocycles. The van der Waals surface area contributed by atoms with Crippen LogP contribution in [0.15, 0.2) is 17.8 Å². The van der Waals surface area contributed by atoms with Crippen molar-refractivity contribution in [1.82, 2.24) is 19.5 Å². The lowest BCUT2D eigenvalue weighted by atomic mass is 9.96. The van der Waals surface area contributed by atoms with E-state index < -0.39 is 0 Å². The van der Waals surface area contributed by atoms with E-state index >= 15 is 0 Å². The minimum atomic E-state index is 0.155. The number of fused-ring (bicyclic) bond motifs is 2. The highest BCUT2D eigenvalue weighted by atomic mass is 32.1. The number of thiophene rings is 1. The third-order valence-corrected chi connectivity index (χ3v) is 5.33. The Balaban J connectivity index is 1.57. The summed E-state index contributed by atoms with van der Waals surface area (Å²) in [5.41, 5.74) is 3.42. The lowest BCUT2D eigenvalue weighted by molar-refractivity contribution is 0.272. The van der Waals surface area contributed by atoms with Crippen LogP contribution in [0.2, 0.25) is 0 Å². The number of hydrogen-bond donors (Lipinski definition) is 2. The topological polar surface area (TPSA) is 75.9 Å². The average Bonchev–Trinajstić information content (AvgIpc) is 3.13. The SMILES string of the molecule is Cc1nc2c(n1CCO)CCC(Nc1ncnc3ccsc13)C2. The van der Waals surface area contributed by atoms with Crippen LogP contribution in [0.1, 0.15) is 23.6 Å². The van der Waals surface area contributed by atoms with Gasteiger partial charge in [-0.05, 0) is 31.2 Å². The van der Waals surface area contributed by atoms with Crippen LogP contribution >= 0.6 is 11.3 Å². The second kappa shape index (κ2) is 5.90. The van der Waals surface area contributed by atoms with E-state index in [0.29, 0.717) is 12.6 Å². The molecule has 0 fully saturated rings. The van der Waals surface area contributed by atoms with E-state index in [1.807, 2.05) is 18.4 Å². The Hall–Kier alpha value is -1.99. The minimum Gasteiger partial charge on any atom is -0.395 e. The molecule has 2 N–H and O–H groups in total. The molecule has 3 aromatic heterocycles. The number of nitrogens with one attached hydrogen (secondary N) is 1. The van der Waals surface area contributed by atoms with Crippen molar-refractivity contribution in [3.63, 3.8) is 0 Å². The highest BCUT2D eigenvalue weighted by molar-refractivity contribution is 7.17. The first-order chi connectivity index (χ1) is 11.3. The van der Waals surface area contributed by atoms with Crippen molar-refractivity contribution < 1.29 is 5.11 Å². The molecule has 7 heteroatoms. The molecule has 0 amide bonds. The Bertz CT molecular complexity index is 840. The Kier molecular flexibility index (Phi) is 3.74. The quantitative estimate of drug-likeness (QED) is 0.767. The van der Waals surface area contributed by atoms with Crippen LogP contribution in [0.3, 0.4) is 0 Å². The molecule has 1 unspecified atom stereocenters. The summed E-state index contributed by atoms with van der Waals surface area (Å²) in [6.45, 7) is 2.80. The standard InChI is InChI=1S/C16H19N5OS/c1-10-19-13-8-11(2-3-14(13)21(10)5-6-22)20-16-15-12(4-7-23-15)17-9-18-16/h4,7,9,11,22H,2-3,5-6,8H2,1H3,(H,17,18,20). The Labute approximate surface area is 138 Å². The highest BCUT2D eigenvalue weighted by Crippen LogP contribution is 2.28. The highest BCUT2D eigenvalue weighted by Gasteiger charge is 2.25. The number of imidazole rings is 1. The summed E-state index contributed by atoms with van der Waals surface area (Å²) in [5, 5.41) is 14.8. The van der Waals surface area contributed by atoms with Gasteiger partial charge in [0.2, 0.25) is 0 Å². The summed E-state index contributed by atoms with van der Waals surface area (Å²) >= 11 is 1.67. The largest absolute Gasteiger partial charge is 0.395 e. The summed E-state index contributed by atoms with van der Waals surface area (Å²) < 4.78 is 3.26. The van der Waals surface area contributed by atoms with E-state index in [-0.39, 0.29) is 6.61 Å². The smallest absolute Gasteiger partial charge is 0.147 e. The van der Waals surface area contributed by atoms with Crippen molar-refractivity contribution in [2.45, 2.75) is 38.8 Å². The fraction of sp³-hybridized carbons (Fsp3) is 0.438. The Morgan fingerprint density at radius 1 is 1.43 bits per heavy atom. The fourth-order valence-electron chi connectivity index (χ4n) is 3.37. The molecule has 3 heterocycles. The van der Waals surface area contributed by atoms with Crippen LogP contribution in [-0.4, -0.2) is 37.3 Å². The van der Waals surface area contributed by atoms with Crippen LogP contribution in [-0.2, 0) is 19.4 Å². The second-order valence-electron chi connectivity index (χ2n) is 5.87. The molecule has 4 rings (SSSR count). The molecular weight excluding hydrogens is 310 g/mol. The maximum absolute atomic E-state index is 9.22. The number of nitrogens with zero attached hydrogens (tertiary/aromatic N) is 4. The van der Waals surface area contributed by atoms with Crippen LogP contribution in [0, 0.1) is 6.92 Å².